The summed E-state index contributed by atoms with van der Waals surface area (Å²) < 4.78 is 4.72. The van der Waals surface area contributed by atoms with Crippen LogP contribution in [-0.4, -0.2) is 13.1 Å². The average molecular weight is 272 g/mol. The molecule has 98 valence electrons. The van der Waals surface area contributed by atoms with E-state index in [1.165, 1.54) is 12.7 Å². The minimum atomic E-state index is -0.282. The van der Waals surface area contributed by atoms with Gasteiger partial charge in [0.05, 0.1) is 12.7 Å². The fourth-order valence-corrected chi connectivity index (χ4v) is 2.71. The third-order valence-electron chi connectivity index (χ3n) is 2.73. The Morgan fingerprint density at radius 1 is 1.00 bits per heavy atom. The molecule has 2 aromatic rings. The molecule has 0 N–H and O–H groups in total. The van der Waals surface area contributed by atoms with Gasteiger partial charge in [-0.05, 0) is 23.3 Å². The molecule has 0 unspecified atom stereocenters. The number of benzene rings is 2. The smallest absolute Gasteiger partial charge is 0.337 e. The van der Waals surface area contributed by atoms with Crippen LogP contribution in [0.4, 0.5) is 0 Å². The van der Waals surface area contributed by atoms with E-state index in [0.717, 1.165) is 17.1 Å². The second kappa shape index (κ2) is 7.00. The monoisotopic (exact) mass is 272 g/mol. The Morgan fingerprint density at radius 3 is 2.42 bits per heavy atom. The molecular weight excluding hydrogens is 256 g/mol. The van der Waals surface area contributed by atoms with Crippen LogP contribution >= 0.6 is 11.8 Å². The molecule has 0 bridgehead atoms. The van der Waals surface area contributed by atoms with Gasteiger partial charge < -0.3 is 4.74 Å². The van der Waals surface area contributed by atoms with Crippen LogP contribution in [0.3, 0.4) is 0 Å². The lowest BCUT2D eigenvalue weighted by atomic mass is 10.1. The molecule has 0 saturated carbocycles. The van der Waals surface area contributed by atoms with Crippen LogP contribution in [0.2, 0.25) is 0 Å². The number of esters is 1. The lowest BCUT2D eigenvalue weighted by Crippen LogP contribution is -2.01. The van der Waals surface area contributed by atoms with Crippen molar-refractivity contribution in [1.82, 2.24) is 0 Å². The van der Waals surface area contributed by atoms with Gasteiger partial charge in [-0.1, -0.05) is 42.5 Å². The van der Waals surface area contributed by atoms with Gasteiger partial charge in [-0.3, -0.25) is 0 Å². The van der Waals surface area contributed by atoms with Crippen LogP contribution in [0.25, 0.3) is 0 Å². The van der Waals surface area contributed by atoms with Crippen LogP contribution in [0.1, 0.15) is 21.5 Å². The first-order chi connectivity index (χ1) is 9.29. The number of thioether (sulfide) groups is 1. The summed E-state index contributed by atoms with van der Waals surface area (Å²) in [4.78, 5) is 11.4. The lowest BCUT2D eigenvalue weighted by Gasteiger charge is -2.04. The van der Waals surface area contributed by atoms with E-state index >= 15 is 0 Å². The Bertz CT molecular complexity index is 537. The Kier molecular flexibility index (Phi) is 5.04. The molecule has 0 aliphatic heterocycles. The van der Waals surface area contributed by atoms with Gasteiger partial charge >= 0.3 is 5.97 Å². The zero-order chi connectivity index (χ0) is 13.5. The summed E-state index contributed by atoms with van der Waals surface area (Å²) in [6.45, 7) is 0. The van der Waals surface area contributed by atoms with E-state index in [-0.39, 0.29) is 5.97 Å². The molecule has 0 spiro atoms. The first-order valence-corrected chi connectivity index (χ1v) is 7.24. The van der Waals surface area contributed by atoms with Crippen LogP contribution in [0, 0.1) is 0 Å². The minimum Gasteiger partial charge on any atom is -0.465 e. The normalized spacial score (nSPS) is 10.2. The summed E-state index contributed by atoms with van der Waals surface area (Å²) in [6, 6.07) is 18.0. The largest absolute Gasteiger partial charge is 0.465 e. The highest BCUT2D eigenvalue weighted by atomic mass is 32.2. The van der Waals surface area contributed by atoms with Crippen molar-refractivity contribution in [3.63, 3.8) is 0 Å². The number of rotatable bonds is 5. The molecule has 0 radical (unpaired) electrons. The van der Waals surface area contributed by atoms with Crippen molar-refractivity contribution in [3.05, 3.63) is 71.3 Å². The van der Waals surface area contributed by atoms with Gasteiger partial charge in [-0.2, -0.15) is 11.8 Å². The third-order valence-corrected chi connectivity index (χ3v) is 3.80. The second-order valence-electron chi connectivity index (χ2n) is 4.17. The maximum Gasteiger partial charge on any atom is 0.337 e. The first kappa shape index (κ1) is 13.7. The number of methoxy groups -OCH3 is 1. The van der Waals surface area contributed by atoms with Gasteiger partial charge in [-0.15, -0.1) is 0 Å². The molecule has 2 nitrogen and oxygen atoms in total. The molecule has 0 atom stereocenters. The molecule has 3 heteroatoms. The Labute approximate surface area is 117 Å². The second-order valence-corrected chi connectivity index (χ2v) is 5.16. The summed E-state index contributed by atoms with van der Waals surface area (Å²) in [5.41, 5.74) is 3.07. The summed E-state index contributed by atoms with van der Waals surface area (Å²) in [5, 5.41) is 0. The van der Waals surface area contributed by atoms with Gasteiger partial charge in [-0.25, -0.2) is 4.79 Å². The van der Waals surface area contributed by atoms with E-state index in [4.69, 9.17) is 4.74 Å². The van der Waals surface area contributed by atoms with Crippen molar-refractivity contribution in [3.8, 4) is 0 Å². The van der Waals surface area contributed by atoms with Crippen molar-refractivity contribution in [2.45, 2.75) is 11.5 Å². The number of carbonyl (C=O) groups is 1. The molecule has 19 heavy (non-hydrogen) atoms. The quantitative estimate of drug-likeness (QED) is 0.772. The average Bonchev–Trinajstić information content (AvgIpc) is 2.48. The molecule has 0 aromatic heterocycles. The maximum atomic E-state index is 11.4. The first-order valence-electron chi connectivity index (χ1n) is 6.08. The van der Waals surface area contributed by atoms with E-state index in [0.29, 0.717) is 5.56 Å². The van der Waals surface area contributed by atoms with Gasteiger partial charge in [0, 0.05) is 11.5 Å². The van der Waals surface area contributed by atoms with Crippen molar-refractivity contribution >= 4 is 17.7 Å². The summed E-state index contributed by atoms with van der Waals surface area (Å²) in [5.74, 6) is 1.58. The number of carbonyl (C=O) groups excluding carboxylic acids is 1. The lowest BCUT2D eigenvalue weighted by molar-refractivity contribution is 0.0600. The molecule has 2 aromatic carbocycles. The molecule has 0 saturated heterocycles. The van der Waals surface area contributed by atoms with Gasteiger partial charge in [0.15, 0.2) is 0 Å². The van der Waals surface area contributed by atoms with E-state index in [1.807, 2.05) is 48.2 Å². The fraction of sp³-hybridized carbons (Fsp3) is 0.188. The highest BCUT2D eigenvalue weighted by molar-refractivity contribution is 7.97. The summed E-state index contributed by atoms with van der Waals surface area (Å²) >= 11 is 1.84. The molecule has 2 rings (SSSR count). The van der Waals surface area contributed by atoms with Gasteiger partial charge in [0.25, 0.3) is 0 Å². The topological polar surface area (TPSA) is 26.3 Å². The highest BCUT2D eigenvalue weighted by Crippen LogP contribution is 2.18. The zero-order valence-corrected chi connectivity index (χ0v) is 11.7. The van der Waals surface area contributed by atoms with Crippen LogP contribution in [0.15, 0.2) is 54.6 Å². The Balaban J connectivity index is 1.91. The predicted octanol–water partition coefficient (Wildman–Crippen LogP) is 3.91. The molecule has 0 aliphatic carbocycles. The van der Waals surface area contributed by atoms with Crippen molar-refractivity contribution in [2.24, 2.45) is 0 Å². The molecule has 0 fully saturated rings. The Hall–Kier alpha value is -1.74. The summed E-state index contributed by atoms with van der Waals surface area (Å²) in [6.07, 6.45) is 0. The maximum absolute atomic E-state index is 11.4. The molecule has 0 aliphatic rings. The SMILES string of the molecule is COC(=O)c1cccc(CSCc2ccccc2)c1. The van der Waals surface area contributed by atoms with Crippen LogP contribution < -0.4 is 0 Å². The van der Waals surface area contributed by atoms with Crippen molar-refractivity contribution in [2.75, 3.05) is 7.11 Å². The van der Waals surface area contributed by atoms with E-state index < -0.39 is 0 Å². The highest BCUT2D eigenvalue weighted by Gasteiger charge is 2.05. The standard InChI is InChI=1S/C16H16O2S/c1-18-16(17)15-9-5-8-14(10-15)12-19-11-13-6-3-2-4-7-13/h2-10H,11-12H2,1H3. The van der Waals surface area contributed by atoms with Gasteiger partial charge in [0.1, 0.15) is 0 Å². The zero-order valence-electron chi connectivity index (χ0n) is 10.8. The van der Waals surface area contributed by atoms with E-state index in [1.54, 1.807) is 6.07 Å². The number of hydrogen-bond donors (Lipinski definition) is 0. The predicted molar refractivity (Wildman–Crippen MR) is 79.2 cm³/mol. The van der Waals surface area contributed by atoms with Crippen LogP contribution in [0.5, 0.6) is 0 Å². The molecule has 0 amide bonds. The molecule has 0 heterocycles. The number of hydrogen-bond acceptors (Lipinski definition) is 3. The van der Waals surface area contributed by atoms with E-state index in [2.05, 4.69) is 12.1 Å². The van der Waals surface area contributed by atoms with E-state index in [9.17, 15) is 4.79 Å². The minimum absolute atomic E-state index is 0.282. The van der Waals surface area contributed by atoms with Crippen molar-refractivity contribution < 1.29 is 9.53 Å². The third kappa shape index (κ3) is 4.14. The molecular formula is C16H16O2S. The van der Waals surface area contributed by atoms with Gasteiger partial charge in [0.2, 0.25) is 0 Å². The Morgan fingerprint density at radius 2 is 1.68 bits per heavy atom. The van der Waals surface area contributed by atoms with Crippen LogP contribution in [-0.2, 0) is 16.2 Å². The van der Waals surface area contributed by atoms with Crippen molar-refractivity contribution in [1.29, 1.82) is 0 Å². The summed E-state index contributed by atoms with van der Waals surface area (Å²) in [7, 11) is 1.40. The number of ether oxygens (including phenoxy) is 1. The fourth-order valence-electron chi connectivity index (χ4n) is 1.77.